The second-order valence-electron chi connectivity index (χ2n) is 6.74. The monoisotopic (exact) mass is 411 g/mol. The minimum Gasteiger partial charge on any atom is -0.484 e. The highest BCUT2D eigenvalue weighted by Crippen LogP contribution is 2.25. The van der Waals surface area contributed by atoms with Crippen molar-refractivity contribution in [3.8, 4) is 17.7 Å². The molecular formula is C20H18ClN5O3. The molecule has 1 aliphatic carbocycles. The molecule has 2 aliphatic rings. The van der Waals surface area contributed by atoms with Crippen LogP contribution in [0.2, 0.25) is 5.15 Å². The van der Waals surface area contributed by atoms with Gasteiger partial charge in [0.05, 0.1) is 11.6 Å². The summed E-state index contributed by atoms with van der Waals surface area (Å²) in [4.78, 5) is 22.0. The standard InChI is InChI=1S/C20H18ClN5O3/c1-25-6-7-26-19(25)10-18(24-20(26)27)28-12-13-2-3-16(14(8-13)11-22)29-15-4-5-23-17(21)9-15/h2,4-5,8-10,16H,3,6-7,12H2,1H3. The first-order valence-corrected chi connectivity index (χ1v) is 9.46. The van der Waals surface area contributed by atoms with Crippen LogP contribution in [0, 0.1) is 11.3 Å². The molecule has 29 heavy (non-hydrogen) atoms. The first-order valence-electron chi connectivity index (χ1n) is 9.08. The number of nitriles is 1. The number of aromatic nitrogens is 3. The molecule has 0 saturated heterocycles. The summed E-state index contributed by atoms with van der Waals surface area (Å²) in [6.45, 7) is 1.60. The van der Waals surface area contributed by atoms with Gasteiger partial charge < -0.3 is 14.4 Å². The molecule has 2 aromatic rings. The maximum Gasteiger partial charge on any atom is 0.352 e. The second kappa shape index (κ2) is 7.97. The van der Waals surface area contributed by atoms with Crippen LogP contribution in [-0.4, -0.2) is 40.8 Å². The number of anilines is 1. The number of hydrogen-bond donors (Lipinski definition) is 0. The highest BCUT2D eigenvalue weighted by atomic mass is 35.5. The number of likely N-dealkylation sites (N-methyl/N-ethyl adjacent to an activating group) is 1. The van der Waals surface area contributed by atoms with Crippen LogP contribution in [0.1, 0.15) is 6.42 Å². The third kappa shape index (κ3) is 4.10. The Hall–Kier alpha value is -3.31. The summed E-state index contributed by atoms with van der Waals surface area (Å²) in [6, 6.07) is 7.24. The van der Waals surface area contributed by atoms with Gasteiger partial charge in [0.15, 0.2) is 0 Å². The van der Waals surface area contributed by atoms with Gasteiger partial charge in [-0.25, -0.2) is 9.78 Å². The lowest BCUT2D eigenvalue weighted by atomic mass is 9.98. The van der Waals surface area contributed by atoms with Gasteiger partial charge in [0.1, 0.15) is 29.4 Å². The molecule has 8 nitrogen and oxygen atoms in total. The van der Waals surface area contributed by atoms with Crippen LogP contribution in [0.3, 0.4) is 0 Å². The molecule has 0 saturated carbocycles. The maximum atomic E-state index is 12.1. The summed E-state index contributed by atoms with van der Waals surface area (Å²) in [5, 5.41) is 9.83. The lowest BCUT2D eigenvalue weighted by Crippen LogP contribution is -2.23. The lowest BCUT2D eigenvalue weighted by molar-refractivity contribution is 0.241. The van der Waals surface area contributed by atoms with Crippen LogP contribution < -0.4 is 20.1 Å². The molecule has 0 amide bonds. The fourth-order valence-corrected chi connectivity index (χ4v) is 3.44. The Bertz CT molecular complexity index is 1100. The van der Waals surface area contributed by atoms with Crippen LogP contribution in [0.25, 0.3) is 0 Å². The fraction of sp³-hybridized carbons (Fsp3) is 0.300. The Morgan fingerprint density at radius 1 is 1.38 bits per heavy atom. The molecule has 1 atom stereocenters. The van der Waals surface area contributed by atoms with Crippen molar-refractivity contribution in [2.75, 3.05) is 25.1 Å². The van der Waals surface area contributed by atoms with Gasteiger partial charge in [0.25, 0.3) is 0 Å². The topological polar surface area (TPSA) is 93.3 Å². The molecule has 1 aliphatic heterocycles. The molecule has 4 rings (SSSR count). The van der Waals surface area contributed by atoms with Gasteiger partial charge in [0, 0.05) is 44.9 Å². The van der Waals surface area contributed by atoms with Gasteiger partial charge in [-0.3, -0.25) is 4.57 Å². The summed E-state index contributed by atoms with van der Waals surface area (Å²) in [6.07, 6.45) is 5.35. The van der Waals surface area contributed by atoms with E-state index in [0.717, 1.165) is 17.9 Å². The Kier molecular flexibility index (Phi) is 5.23. The molecular weight excluding hydrogens is 394 g/mol. The van der Waals surface area contributed by atoms with Crippen molar-refractivity contribution in [3.05, 3.63) is 63.3 Å². The van der Waals surface area contributed by atoms with E-state index >= 15 is 0 Å². The molecule has 0 fully saturated rings. The largest absolute Gasteiger partial charge is 0.484 e. The zero-order chi connectivity index (χ0) is 20.4. The molecule has 3 heterocycles. The van der Waals surface area contributed by atoms with E-state index in [1.165, 1.54) is 0 Å². The Balaban J connectivity index is 1.43. The predicted molar refractivity (Wildman–Crippen MR) is 107 cm³/mol. The second-order valence-corrected chi connectivity index (χ2v) is 7.13. The number of hydrogen-bond acceptors (Lipinski definition) is 7. The van der Waals surface area contributed by atoms with Crippen molar-refractivity contribution in [3.63, 3.8) is 0 Å². The van der Waals surface area contributed by atoms with E-state index in [2.05, 4.69) is 16.0 Å². The Morgan fingerprint density at radius 3 is 3.03 bits per heavy atom. The predicted octanol–water partition coefficient (Wildman–Crippen LogP) is 2.35. The van der Waals surface area contributed by atoms with E-state index in [9.17, 15) is 10.1 Å². The third-order valence-corrected chi connectivity index (χ3v) is 5.00. The number of ether oxygens (including phenoxy) is 2. The van der Waals surface area contributed by atoms with Gasteiger partial charge in [-0.2, -0.15) is 10.2 Å². The summed E-state index contributed by atoms with van der Waals surface area (Å²) < 4.78 is 13.2. The lowest BCUT2D eigenvalue weighted by Gasteiger charge is -2.21. The zero-order valence-electron chi connectivity index (χ0n) is 15.7. The van der Waals surface area contributed by atoms with Crippen molar-refractivity contribution in [2.45, 2.75) is 19.1 Å². The minimum atomic E-state index is -0.404. The highest BCUT2D eigenvalue weighted by molar-refractivity contribution is 6.29. The van der Waals surface area contributed by atoms with Crippen molar-refractivity contribution in [2.24, 2.45) is 0 Å². The molecule has 0 spiro atoms. The summed E-state index contributed by atoms with van der Waals surface area (Å²) in [7, 11) is 1.92. The van der Waals surface area contributed by atoms with Gasteiger partial charge >= 0.3 is 5.69 Å². The number of fused-ring (bicyclic) bond motifs is 1. The molecule has 0 aromatic carbocycles. The van der Waals surface area contributed by atoms with E-state index in [1.54, 1.807) is 35.0 Å². The van der Waals surface area contributed by atoms with Gasteiger partial charge in [-0.05, 0) is 17.7 Å². The number of pyridine rings is 1. The van der Waals surface area contributed by atoms with E-state index in [1.807, 2.05) is 18.0 Å². The normalized spacial score (nSPS) is 17.8. The van der Waals surface area contributed by atoms with E-state index in [4.69, 9.17) is 21.1 Å². The molecule has 148 valence electrons. The van der Waals surface area contributed by atoms with Crippen LogP contribution >= 0.6 is 11.6 Å². The van der Waals surface area contributed by atoms with Crippen LogP contribution in [-0.2, 0) is 6.54 Å². The number of rotatable bonds is 5. The fourth-order valence-electron chi connectivity index (χ4n) is 3.27. The van der Waals surface area contributed by atoms with Crippen LogP contribution in [0.15, 0.2) is 52.5 Å². The van der Waals surface area contributed by atoms with Crippen molar-refractivity contribution in [1.29, 1.82) is 5.26 Å². The molecule has 0 bridgehead atoms. The average molecular weight is 412 g/mol. The van der Waals surface area contributed by atoms with Crippen LogP contribution in [0.4, 0.5) is 5.82 Å². The molecule has 0 radical (unpaired) electrons. The number of halogens is 1. The molecule has 1 unspecified atom stereocenters. The van der Waals surface area contributed by atoms with Crippen LogP contribution in [0.5, 0.6) is 11.6 Å². The van der Waals surface area contributed by atoms with Gasteiger partial charge in [-0.1, -0.05) is 17.7 Å². The smallest absolute Gasteiger partial charge is 0.352 e. The van der Waals surface area contributed by atoms with Crippen molar-refractivity contribution in [1.82, 2.24) is 14.5 Å². The SMILES string of the molecule is CN1CCn2c1cc(OCC1=CCC(Oc3ccnc(Cl)c3)C(C#N)=C1)nc2=O. The van der Waals surface area contributed by atoms with E-state index in [-0.39, 0.29) is 18.2 Å². The van der Waals surface area contributed by atoms with Crippen molar-refractivity contribution >= 4 is 17.4 Å². The first kappa shape index (κ1) is 19.0. The zero-order valence-corrected chi connectivity index (χ0v) is 16.5. The third-order valence-electron chi connectivity index (χ3n) is 4.79. The first-order chi connectivity index (χ1) is 14.0. The van der Waals surface area contributed by atoms with E-state index in [0.29, 0.717) is 29.4 Å². The van der Waals surface area contributed by atoms with Crippen molar-refractivity contribution < 1.29 is 9.47 Å². The Labute approximate surface area is 172 Å². The molecule has 2 aromatic heterocycles. The summed E-state index contributed by atoms with van der Waals surface area (Å²) >= 11 is 5.88. The summed E-state index contributed by atoms with van der Waals surface area (Å²) in [5.74, 6) is 1.61. The molecule has 9 heteroatoms. The minimum absolute atomic E-state index is 0.207. The quantitative estimate of drug-likeness (QED) is 0.697. The maximum absolute atomic E-state index is 12.1. The highest BCUT2D eigenvalue weighted by Gasteiger charge is 2.22. The molecule has 0 N–H and O–H groups in total. The van der Waals surface area contributed by atoms with Gasteiger partial charge in [0.2, 0.25) is 5.88 Å². The number of nitrogens with zero attached hydrogens (tertiary/aromatic N) is 5. The van der Waals surface area contributed by atoms with Gasteiger partial charge in [-0.15, -0.1) is 0 Å². The average Bonchev–Trinajstić information content (AvgIpc) is 3.08. The Morgan fingerprint density at radius 2 is 2.24 bits per heavy atom. The van der Waals surface area contributed by atoms with E-state index < -0.39 is 6.10 Å². The summed E-state index contributed by atoms with van der Waals surface area (Å²) in [5.41, 5.74) is 0.989.